The van der Waals surface area contributed by atoms with Crippen molar-refractivity contribution in [1.29, 1.82) is 0 Å². The van der Waals surface area contributed by atoms with Gasteiger partial charge in [-0.25, -0.2) is 0 Å². The van der Waals surface area contributed by atoms with Crippen molar-refractivity contribution >= 4 is 8.80 Å². The predicted molar refractivity (Wildman–Crippen MR) is 44.3 cm³/mol. The molecule has 1 nitrogen and oxygen atoms in total. The van der Waals surface area contributed by atoms with Crippen LogP contribution in [0.5, 0.6) is 0 Å². The molecule has 0 rings (SSSR count). The first-order chi connectivity index (χ1) is 4.27. The average Bonchev–Trinajstić information content (AvgIpc) is 1.80. The van der Waals surface area contributed by atoms with Crippen molar-refractivity contribution in [2.45, 2.75) is 26.4 Å². The lowest BCUT2D eigenvalue weighted by atomic mass is 10.5. The first kappa shape index (κ1) is 8.76. The molecule has 0 radical (unpaired) electrons. The summed E-state index contributed by atoms with van der Waals surface area (Å²) in [4.78, 5) is 0. The fourth-order valence-electron chi connectivity index (χ4n) is 0.399. The van der Waals surface area contributed by atoms with Crippen molar-refractivity contribution in [3.05, 3.63) is 12.0 Å². The Labute approximate surface area is 59.3 Å². The van der Waals surface area contributed by atoms with E-state index in [-0.39, 0.29) is 0 Å². The molecule has 0 bridgehead atoms. The lowest BCUT2D eigenvalue weighted by molar-refractivity contribution is 0.250. The Kier molecular flexibility index (Phi) is 5.73. The third kappa shape index (κ3) is 7.76. The fourth-order valence-corrected chi connectivity index (χ4v) is 0.824. The SMILES string of the molecule is CCCOC=C[SiH](C)C. The molecule has 0 aliphatic rings. The standard InChI is InChI=1S/C7H16OSi/c1-4-5-8-6-7-9(2)3/h6-7,9H,4-5H2,1-3H3. The van der Waals surface area contributed by atoms with E-state index >= 15 is 0 Å². The quantitative estimate of drug-likeness (QED) is 0.333. The van der Waals surface area contributed by atoms with Gasteiger partial charge >= 0.3 is 0 Å². The van der Waals surface area contributed by atoms with Gasteiger partial charge in [0.25, 0.3) is 0 Å². The molecule has 0 spiro atoms. The minimum absolute atomic E-state index is 0.519. The third-order valence-electron chi connectivity index (χ3n) is 0.882. The zero-order valence-electron chi connectivity index (χ0n) is 6.55. The highest BCUT2D eigenvalue weighted by Crippen LogP contribution is 1.85. The zero-order chi connectivity index (χ0) is 7.11. The molecule has 2 heteroatoms. The van der Waals surface area contributed by atoms with Crippen LogP contribution in [0.3, 0.4) is 0 Å². The Morgan fingerprint density at radius 2 is 2.11 bits per heavy atom. The summed E-state index contributed by atoms with van der Waals surface area (Å²) in [5.74, 6) is 0. The van der Waals surface area contributed by atoms with Crippen molar-refractivity contribution in [2.75, 3.05) is 6.61 Å². The van der Waals surface area contributed by atoms with Crippen LogP contribution in [0.25, 0.3) is 0 Å². The molecule has 9 heavy (non-hydrogen) atoms. The minimum atomic E-state index is -0.519. The second-order valence-electron chi connectivity index (χ2n) is 2.44. The normalized spacial score (nSPS) is 11.1. The highest BCUT2D eigenvalue weighted by molar-refractivity contribution is 6.61. The average molecular weight is 144 g/mol. The van der Waals surface area contributed by atoms with Crippen molar-refractivity contribution < 1.29 is 4.74 Å². The van der Waals surface area contributed by atoms with Gasteiger partial charge in [-0.3, -0.25) is 0 Å². The maximum Gasteiger partial charge on any atom is 0.0870 e. The van der Waals surface area contributed by atoms with Gasteiger partial charge in [0.1, 0.15) is 0 Å². The van der Waals surface area contributed by atoms with Crippen LogP contribution in [0, 0.1) is 0 Å². The molecule has 0 aromatic carbocycles. The van der Waals surface area contributed by atoms with E-state index in [0.29, 0.717) is 0 Å². The highest BCUT2D eigenvalue weighted by atomic mass is 28.3. The van der Waals surface area contributed by atoms with E-state index in [1.165, 1.54) is 0 Å². The summed E-state index contributed by atoms with van der Waals surface area (Å²) < 4.78 is 5.15. The molecule has 0 amide bonds. The fraction of sp³-hybridized carbons (Fsp3) is 0.714. The van der Waals surface area contributed by atoms with Gasteiger partial charge in [0.2, 0.25) is 0 Å². The van der Waals surface area contributed by atoms with Gasteiger partial charge in [-0.05, 0) is 6.42 Å². The number of rotatable bonds is 4. The molecular weight excluding hydrogens is 128 g/mol. The molecule has 0 unspecified atom stereocenters. The van der Waals surface area contributed by atoms with E-state index in [1.807, 2.05) is 6.26 Å². The molecule has 0 heterocycles. The largest absolute Gasteiger partial charge is 0.502 e. The molecule has 0 saturated carbocycles. The van der Waals surface area contributed by atoms with Gasteiger partial charge in [-0.2, -0.15) is 0 Å². The number of hydrogen-bond donors (Lipinski definition) is 0. The van der Waals surface area contributed by atoms with E-state index in [2.05, 4.69) is 25.7 Å². The molecule has 0 atom stereocenters. The van der Waals surface area contributed by atoms with Crippen LogP contribution < -0.4 is 0 Å². The van der Waals surface area contributed by atoms with Crippen molar-refractivity contribution in [2.24, 2.45) is 0 Å². The maximum absolute atomic E-state index is 5.15. The molecule has 0 aromatic rings. The monoisotopic (exact) mass is 144 g/mol. The Bertz CT molecular complexity index is 79.0. The van der Waals surface area contributed by atoms with E-state index in [0.717, 1.165) is 13.0 Å². The van der Waals surface area contributed by atoms with E-state index in [1.54, 1.807) is 0 Å². The second-order valence-corrected chi connectivity index (χ2v) is 5.32. The Balaban J connectivity index is 3.04. The van der Waals surface area contributed by atoms with E-state index in [4.69, 9.17) is 4.74 Å². The summed E-state index contributed by atoms with van der Waals surface area (Å²) in [6.07, 6.45) is 2.95. The van der Waals surface area contributed by atoms with Crippen LogP contribution in [0.4, 0.5) is 0 Å². The van der Waals surface area contributed by atoms with Gasteiger partial charge in [0.05, 0.1) is 21.7 Å². The van der Waals surface area contributed by atoms with E-state index < -0.39 is 8.80 Å². The second kappa shape index (κ2) is 5.89. The molecule has 0 N–H and O–H groups in total. The lowest BCUT2D eigenvalue weighted by Crippen LogP contribution is -1.93. The summed E-state index contributed by atoms with van der Waals surface area (Å²) in [7, 11) is -0.519. The minimum Gasteiger partial charge on any atom is -0.502 e. The number of hydrogen-bond acceptors (Lipinski definition) is 1. The van der Waals surface area contributed by atoms with Gasteiger partial charge in [0.15, 0.2) is 0 Å². The molecule has 0 fully saturated rings. The van der Waals surface area contributed by atoms with Crippen LogP contribution in [0.2, 0.25) is 13.1 Å². The molecule has 0 saturated heterocycles. The van der Waals surface area contributed by atoms with Crippen LogP contribution >= 0.6 is 0 Å². The summed E-state index contributed by atoms with van der Waals surface area (Å²) in [5, 5.41) is 0. The Morgan fingerprint density at radius 1 is 1.44 bits per heavy atom. The smallest absolute Gasteiger partial charge is 0.0870 e. The highest BCUT2D eigenvalue weighted by Gasteiger charge is 1.83. The molecular formula is C7H16OSi. The summed E-state index contributed by atoms with van der Waals surface area (Å²) in [5.41, 5.74) is 2.19. The van der Waals surface area contributed by atoms with Gasteiger partial charge in [-0.15, -0.1) is 0 Å². The number of ether oxygens (including phenoxy) is 1. The third-order valence-corrected chi connectivity index (χ3v) is 1.81. The van der Waals surface area contributed by atoms with Crippen LogP contribution in [0.1, 0.15) is 13.3 Å². The van der Waals surface area contributed by atoms with Crippen molar-refractivity contribution in [3.8, 4) is 0 Å². The lowest BCUT2D eigenvalue weighted by Gasteiger charge is -1.95. The molecule has 0 aliphatic carbocycles. The van der Waals surface area contributed by atoms with Crippen LogP contribution in [-0.4, -0.2) is 15.4 Å². The van der Waals surface area contributed by atoms with Gasteiger partial charge in [0, 0.05) is 0 Å². The van der Waals surface area contributed by atoms with Gasteiger partial charge in [-0.1, -0.05) is 25.7 Å². The molecule has 0 aromatic heterocycles. The Morgan fingerprint density at radius 3 is 2.56 bits per heavy atom. The summed E-state index contributed by atoms with van der Waals surface area (Å²) in [6.45, 7) is 7.51. The Hall–Kier alpha value is -0.243. The first-order valence-electron chi connectivity index (χ1n) is 3.55. The van der Waals surface area contributed by atoms with Crippen molar-refractivity contribution in [3.63, 3.8) is 0 Å². The molecule has 0 aliphatic heterocycles. The van der Waals surface area contributed by atoms with Crippen LogP contribution in [-0.2, 0) is 4.74 Å². The van der Waals surface area contributed by atoms with Crippen LogP contribution in [0.15, 0.2) is 12.0 Å². The summed E-state index contributed by atoms with van der Waals surface area (Å²) >= 11 is 0. The van der Waals surface area contributed by atoms with Gasteiger partial charge < -0.3 is 4.74 Å². The zero-order valence-corrected chi connectivity index (χ0v) is 7.71. The topological polar surface area (TPSA) is 9.23 Å². The van der Waals surface area contributed by atoms with Crippen molar-refractivity contribution in [1.82, 2.24) is 0 Å². The van der Waals surface area contributed by atoms with E-state index in [9.17, 15) is 0 Å². The maximum atomic E-state index is 5.15. The first-order valence-corrected chi connectivity index (χ1v) is 6.53. The summed E-state index contributed by atoms with van der Waals surface area (Å²) in [6, 6.07) is 0. The molecule has 54 valence electrons. The predicted octanol–water partition coefficient (Wildman–Crippen LogP) is 1.95.